The van der Waals surface area contributed by atoms with E-state index in [1.165, 1.54) is 0 Å². The van der Waals surface area contributed by atoms with Gasteiger partial charge < -0.3 is 15.7 Å². The monoisotopic (exact) mass is 349 g/mol. The van der Waals surface area contributed by atoms with E-state index in [1.54, 1.807) is 12.1 Å². The first-order valence-electron chi connectivity index (χ1n) is 7.17. The number of aromatic hydroxyl groups is 1. The van der Waals surface area contributed by atoms with Gasteiger partial charge in [-0.3, -0.25) is 9.69 Å². The molecule has 7 heteroatoms. The fourth-order valence-corrected chi connectivity index (χ4v) is 2.48. The van der Waals surface area contributed by atoms with Gasteiger partial charge in [0.1, 0.15) is 5.75 Å². The van der Waals surface area contributed by atoms with E-state index >= 15 is 0 Å². The Balaban J connectivity index is 0.00000220. The molecule has 1 fully saturated rings. The summed E-state index contributed by atoms with van der Waals surface area (Å²) in [4.78, 5) is 16.1. The minimum atomic E-state index is 0. The van der Waals surface area contributed by atoms with E-state index in [4.69, 9.17) is 5.73 Å². The second-order valence-electron chi connectivity index (χ2n) is 5.22. The maximum Gasteiger partial charge on any atom is 0.222 e. The Morgan fingerprint density at radius 2 is 1.86 bits per heavy atom. The largest absolute Gasteiger partial charge is 0.508 e. The van der Waals surface area contributed by atoms with Crippen molar-refractivity contribution in [2.24, 2.45) is 5.73 Å². The fourth-order valence-electron chi connectivity index (χ4n) is 2.48. The fraction of sp³-hybridized carbons (Fsp3) is 0.533. The van der Waals surface area contributed by atoms with Crippen LogP contribution in [-0.4, -0.2) is 53.5 Å². The van der Waals surface area contributed by atoms with Crippen LogP contribution in [0.2, 0.25) is 0 Å². The third kappa shape index (κ3) is 6.40. The molecule has 1 heterocycles. The zero-order chi connectivity index (χ0) is 14.4. The summed E-state index contributed by atoms with van der Waals surface area (Å²) < 4.78 is 0. The first-order chi connectivity index (χ1) is 9.69. The van der Waals surface area contributed by atoms with E-state index in [2.05, 4.69) is 4.90 Å². The second kappa shape index (κ2) is 10.7. The maximum absolute atomic E-state index is 11.9. The van der Waals surface area contributed by atoms with Crippen molar-refractivity contribution >= 4 is 30.7 Å². The van der Waals surface area contributed by atoms with Crippen molar-refractivity contribution in [2.45, 2.75) is 19.4 Å². The number of phenolic OH excluding ortho intramolecular Hbond substituents is 1. The zero-order valence-corrected chi connectivity index (χ0v) is 14.2. The van der Waals surface area contributed by atoms with Gasteiger partial charge in [-0.1, -0.05) is 12.1 Å². The standard InChI is InChI=1S/C15H23N3O2.2ClH/c16-6-2-5-15(20)18-9-7-17(8-10-18)12-13-3-1-4-14(19)11-13;;/h1,3-4,11,19H,2,5-10,12,16H2;2*1H. The zero-order valence-electron chi connectivity index (χ0n) is 12.6. The van der Waals surface area contributed by atoms with E-state index in [9.17, 15) is 9.90 Å². The van der Waals surface area contributed by atoms with Gasteiger partial charge in [0.2, 0.25) is 5.91 Å². The van der Waals surface area contributed by atoms with Crippen molar-refractivity contribution in [3.63, 3.8) is 0 Å². The highest BCUT2D eigenvalue weighted by Crippen LogP contribution is 2.14. The van der Waals surface area contributed by atoms with Gasteiger partial charge in [0, 0.05) is 39.1 Å². The summed E-state index contributed by atoms with van der Waals surface area (Å²) in [6.45, 7) is 4.71. The van der Waals surface area contributed by atoms with Crippen LogP contribution in [0.25, 0.3) is 0 Å². The number of carbonyl (C=O) groups is 1. The molecular weight excluding hydrogens is 325 g/mol. The van der Waals surface area contributed by atoms with Crippen LogP contribution in [0.5, 0.6) is 5.75 Å². The Morgan fingerprint density at radius 3 is 2.45 bits per heavy atom. The van der Waals surface area contributed by atoms with Gasteiger partial charge in [0.15, 0.2) is 0 Å². The molecule has 1 aromatic carbocycles. The lowest BCUT2D eigenvalue weighted by Crippen LogP contribution is -2.48. The van der Waals surface area contributed by atoms with Gasteiger partial charge in [0.25, 0.3) is 0 Å². The Labute approximate surface area is 144 Å². The summed E-state index contributed by atoms with van der Waals surface area (Å²) in [5.41, 5.74) is 6.53. The van der Waals surface area contributed by atoms with Crippen LogP contribution in [0, 0.1) is 0 Å². The summed E-state index contributed by atoms with van der Waals surface area (Å²) in [5, 5.41) is 9.46. The molecule has 0 radical (unpaired) electrons. The Kier molecular flexibility index (Phi) is 10.2. The molecule has 1 aliphatic rings. The summed E-state index contributed by atoms with van der Waals surface area (Å²) in [6, 6.07) is 7.34. The lowest BCUT2D eigenvalue weighted by atomic mass is 10.2. The highest BCUT2D eigenvalue weighted by molar-refractivity contribution is 5.85. The van der Waals surface area contributed by atoms with E-state index in [-0.39, 0.29) is 30.7 Å². The minimum absolute atomic E-state index is 0. The van der Waals surface area contributed by atoms with Gasteiger partial charge in [-0.15, -0.1) is 24.8 Å². The van der Waals surface area contributed by atoms with E-state index in [0.29, 0.717) is 18.7 Å². The number of hydrogen-bond acceptors (Lipinski definition) is 4. The van der Waals surface area contributed by atoms with Gasteiger partial charge in [-0.2, -0.15) is 0 Å². The molecule has 0 spiro atoms. The Hall–Kier alpha value is -1.01. The number of hydrogen-bond donors (Lipinski definition) is 2. The molecule has 0 aliphatic carbocycles. The molecule has 0 saturated carbocycles. The van der Waals surface area contributed by atoms with E-state index in [0.717, 1.165) is 44.7 Å². The number of rotatable bonds is 5. The maximum atomic E-state index is 11.9. The van der Waals surface area contributed by atoms with Crippen molar-refractivity contribution in [3.05, 3.63) is 29.8 Å². The van der Waals surface area contributed by atoms with Crippen molar-refractivity contribution in [1.82, 2.24) is 9.80 Å². The molecule has 1 saturated heterocycles. The van der Waals surface area contributed by atoms with Crippen LogP contribution in [0.1, 0.15) is 18.4 Å². The number of amides is 1. The summed E-state index contributed by atoms with van der Waals surface area (Å²) in [6.07, 6.45) is 1.32. The highest BCUT2D eigenvalue weighted by atomic mass is 35.5. The number of halogens is 2. The van der Waals surface area contributed by atoms with Crippen LogP contribution < -0.4 is 5.73 Å². The molecule has 0 atom stereocenters. The number of nitrogens with two attached hydrogens (primary N) is 1. The SMILES string of the molecule is Cl.Cl.NCCCC(=O)N1CCN(Cc2cccc(O)c2)CC1. The van der Waals surface area contributed by atoms with Crippen LogP contribution in [-0.2, 0) is 11.3 Å². The molecule has 3 N–H and O–H groups in total. The Morgan fingerprint density at radius 1 is 1.18 bits per heavy atom. The second-order valence-corrected chi connectivity index (χ2v) is 5.22. The molecule has 1 amide bonds. The summed E-state index contributed by atoms with van der Waals surface area (Å²) >= 11 is 0. The minimum Gasteiger partial charge on any atom is -0.508 e. The number of carbonyl (C=O) groups excluding carboxylic acids is 1. The molecule has 0 bridgehead atoms. The molecule has 126 valence electrons. The van der Waals surface area contributed by atoms with Crippen molar-refractivity contribution in [3.8, 4) is 5.75 Å². The highest BCUT2D eigenvalue weighted by Gasteiger charge is 2.20. The van der Waals surface area contributed by atoms with Gasteiger partial charge in [-0.25, -0.2) is 0 Å². The van der Waals surface area contributed by atoms with E-state index < -0.39 is 0 Å². The normalized spacial score (nSPS) is 14.9. The van der Waals surface area contributed by atoms with Crippen molar-refractivity contribution in [2.75, 3.05) is 32.7 Å². The number of phenols is 1. The third-order valence-electron chi connectivity index (χ3n) is 3.64. The summed E-state index contributed by atoms with van der Waals surface area (Å²) in [7, 11) is 0. The number of piperazine rings is 1. The number of benzene rings is 1. The average Bonchev–Trinajstić information content (AvgIpc) is 2.45. The van der Waals surface area contributed by atoms with Crippen molar-refractivity contribution < 1.29 is 9.90 Å². The van der Waals surface area contributed by atoms with Crippen LogP contribution >= 0.6 is 24.8 Å². The summed E-state index contributed by atoms with van der Waals surface area (Å²) in [5.74, 6) is 0.519. The molecule has 0 aromatic heterocycles. The molecule has 2 rings (SSSR count). The first-order valence-corrected chi connectivity index (χ1v) is 7.17. The number of nitrogens with zero attached hydrogens (tertiary/aromatic N) is 2. The van der Waals surface area contributed by atoms with Crippen LogP contribution in [0.4, 0.5) is 0 Å². The quantitative estimate of drug-likeness (QED) is 0.847. The van der Waals surface area contributed by atoms with Gasteiger partial charge >= 0.3 is 0 Å². The predicted octanol–water partition coefficient (Wildman–Crippen LogP) is 1.62. The molecular formula is C15H25Cl2N3O2. The molecule has 1 aromatic rings. The van der Waals surface area contributed by atoms with Gasteiger partial charge in [0.05, 0.1) is 0 Å². The lowest BCUT2D eigenvalue weighted by Gasteiger charge is -2.34. The Bertz CT molecular complexity index is 452. The first kappa shape index (κ1) is 21.0. The topological polar surface area (TPSA) is 69.8 Å². The van der Waals surface area contributed by atoms with Crippen LogP contribution in [0.3, 0.4) is 0 Å². The predicted molar refractivity (Wildman–Crippen MR) is 92.7 cm³/mol. The molecule has 1 aliphatic heterocycles. The molecule has 22 heavy (non-hydrogen) atoms. The average molecular weight is 350 g/mol. The lowest BCUT2D eigenvalue weighted by molar-refractivity contribution is -0.133. The smallest absolute Gasteiger partial charge is 0.222 e. The van der Waals surface area contributed by atoms with Gasteiger partial charge in [-0.05, 0) is 30.7 Å². The van der Waals surface area contributed by atoms with Crippen molar-refractivity contribution in [1.29, 1.82) is 0 Å². The van der Waals surface area contributed by atoms with E-state index in [1.807, 2.05) is 17.0 Å². The third-order valence-corrected chi connectivity index (χ3v) is 3.64. The van der Waals surface area contributed by atoms with Crippen LogP contribution in [0.15, 0.2) is 24.3 Å². The molecule has 5 nitrogen and oxygen atoms in total. The molecule has 0 unspecified atom stereocenters.